The van der Waals surface area contributed by atoms with Crippen LogP contribution < -0.4 is 5.32 Å². The first kappa shape index (κ1) is 19.4. The Balaban J connectivity index is 0. The molecule has 0 rings (SSSR count). The van der Waals surface area contributed by atoms with Crippen LogP contribution in [0, 0.1) is 0 Å². The molecule has 0 aromatic rings. The smallest absolute Gasteiger partial charge is 0.293 e. The Bertz CT molecular complexity index is 182. The van der Waals surface area contributed by atoms with Crippen molar-refractivity contribution >= 4 is 47.6 Å². The van der Waals surface area contributed by atoms with Crippen LogP contribution in [0.4, 0.5) is 0 Å². The largest absolute Gasteiger partial charge is 0.468 e. The van der Waals surface area contributed by atoms with Crippen molar-refractivity contribution in [2.24, 2.45) is 0 Å². The summed E-state index contributed by atoms with van der Waals surface area (Å²) in [6.45, 7) is 3.95. The molecule has 0 bridgehead atoms. The van der Waals surface area contributed by atoms with Crippen LogP contribution in [0.2, 0.25) is 0 Å². The molecule has 0 aliphatic carbocycles. The van der Waals surface area contributed by atoms with Crippen molar-refractivity contribution < 1.29 is 14.3 Å². The minimum atomic E-state index is 0.0202. The van der Waals surface area contributed by atoms with Gasteiger partial charge in [0.1, 0.15) is 0 Å². The molecule has 1 N–H and O–H groups in total. The van der Waals surface area contributed by atoms with E-state index in [0.29, 0.717) is 18.8 Å². The Hall–Kier alpha value is 0.0200. The van der Waals surface area contributed by atoms with Crippen molar-refractivity contribution in [2.45, 2.75) is 32.6 Å². The fourth-order valence-electron chi connectivity index (χ4n) is 0.788. The van der Waals surface area contributed by atoms with E-state index in [4.69, 9.17) is 0 Å². The third kappa shape index (κ3) is 21.8. The van der Waals surface area contributed by atoms with Crippen LogP contribution in [0.5, 0.6) is 0 Å². The zero-order chi connectivity index (χ0) is 13.4. The molecule has 0 saturated carbocycles. The topological polar surface area (TPSA) is 55.4 Å². The highest BCUT2D eigenvalue weighted by Gasteiger charge is 1.92. The number of carbonyl (C=O) groups is 2. The second-order valence-corrected chi connectivity index (χ2v) is 4.62. The number of amides is 1. The van der Waals surface area contributed by atoms with E-state index in [9.17, 15) is 9.59 Å². The van der Waals surface area contributed by atoms with Crippen LogP contribution in [-0.4, -0.2) is 35.7 Å². The summed E-state index contributed by atoms with van der Waals surface area (Å²) >= 11 is 6.10. The number of rotatable bonds is 9. The predicted octanol–water partition coefficient (Wildman–Crippen LogP) is 2.21. The third-order valence-corrected chi connectivity index (χ3v) is 2.76. The summed E-state index contributed by atoms with van der Waals surface area (Å²) in [7, 11) is 0. The number of unbranched alkanes of at least 4 members (excludes halogenated alkanes) is 2. The maximum atomic E-state index is 10.5. The average Bonchev–Trinajstić information content (AvgIpc) is 2.35. The third-order valence-electron chi connectivity index (χ3n) is 1.71. The van der Waals surface area contributed by atoms with E-state index < -0.39 is 0 Å². The molecule has 0 unspecified atom stereocenters. The summed E-state index contributed by atoms with van der Waals surface area (Å²) in [5.74, 6) is 0.316. The highest BCUT2D eigenvalue weighted by Crippen LogP contribution is 1.93. The van der Waals surface area contributed by atoms with Crippen molar-refractivity contribution in [1.29, 1.82) is 0 Å². The Morgan fingerprint density at radius 3 is 2.59 bits per heavy atom. The molecule has 0 spiro atoms. The number of thiol groups is 1. The second kappa shape index (κ2) is 18.4. The first-order valence-corrected chi connectivity index (χ1v) is 7.87. The van der Waals surface area contributed by atoms with E-state index in [1.54, 1.807) is 0 Å². The van der Waals surface area contributed by atoms with Crippen molar-refractivity contribution in [3.63, 3.8) is 0 Å². The van der Waals surface area contributed by atoms with E-state index in [0.717, 1.165) is 36.7 Å². The van der Waals surface area contributed by atoms with Crippen molar-refractivity contribution in [2.75, 3.05) is 23.3 Å². The molecule has 0 aromatic heterocycles. The number of ether oxygens (including phenoxy) is 1. The number of nitrogens with one attached hydrogen (secondary N) is 1. The standard InChI is InChI=1S/C6H13NOS.C5H9IO2/c1-2-3-4-7-6(8)5-9;6-3-1-2-4-8-5-7/h9H,2-5H2,1H3,(H,7,8);5H,1-4H2. The predicted molar refractivity (Wildman–Crippen MR) is 81.9 cm³/mol. The normalized spacial score (nSPS) is 8.88. The highest BCUT2D eigenvalue weighted by molar-refractivity contribution is 14.1. The Kier molecular flexibility index (Phi) is 20.9. The van der Waals surface area contributed by atoms with Gasteiger partial charge in [-0.1, -0.05) is 35.9 Å². The Morgan fingerprint density at radius 1 is 1.41 bits per heavy atom. The molecular formula is C11H22INO3S. The zero-order valence-corrected chi connectivity index (χ0v) is 13.3. The van der Waals surface area contributed by atoms with Gasteiger partial charge in [0.15, 0.2) is 0 Å². The molecular weight excluding hydrogens is 353 g/mol. The lowest BCUT2D eigenvalue weighted by Gasteiger charge is -1.98. The number of hydrogen-bond donors (Lipinski definition) is 2. The molecule has 0 fully saturated rings. The molecule has 0 aromatic carbocycles. The van der Waals surface area contributed by atoms with Crippen LogP contribution in [0.1, 0.15) is 32.6 Å². The van der Waals surface area contributed by atoms with Crippen molar-refractivity contribution in [3.8, 4) is 0 Å². The van der Waals surface area contributed by atoms with Gasteiger partial charge in [0, 0.05) is 6.54 Å². The van der Waals surface area contributed by atoms with Crippen LogP contribution in [0.15, 0.2) is 0 Å². The number of alkyl halides is 1. The quantitative estimate of drug-likeness (QED) is 0.214. The summed E-state index contributed by atoms with van der Waals surface area (Å²) in [6, 6.07) is 0. The van der Waals surface area contributed by atoms with E-state index in [1.165, 1.54) is 0 Å². The number of halogens is 1. The molecule has 0 heterocycles. The molecule has 6 heteroatoms. The maximum Gasteiger partial charge on any atom is 0.293 e. The van der Waals surface area contributed by atoms with Gasteiger partial charge < -0.3 is 10.1 Å². The van der Waals surface area contributed by atoms with Gasteiger partial charge in [-0.2, -0.15) is 12.6 Å². The van der Waals surface area contributed by atoms with Crippen molar-refractivity contribution in [1.82, 2.24) is 5.32 Å². The van der Waals surface area contributed by atoms with Crippen LogP contribution in [0.3, 0.4) is 0 Å². The maximum absolute atomic E-state index is 10.5. The second-order valence-electron chi connectivity index (χ2n) is 3.22. The minimum Gasteiger partial charge on any atom is -0.468 e. The summed E-state index contributed by atoms with van der Waals surface area (Å²) in [6.07, 6.45) is 4.29. The first-order chi connectivity index (χ1) is 8.22. The first-order valence-electron chi connectivity index (χ1n) is 5.71. The van der Waals surface area contributed by atoms with Gasteiger partial charge >= 0.3 is 0 Å². The van der Waals surface area contributed by atoms with Gasteiger partial charge in [-0.25, -0.2) is 0 Å². The van der Waals surface area contributed by atoms with Crippen molar-refractivity contribution in [3.05, 3.63) is 0 Å². The van der Waals surface area contributed by atoms with Crippen LogP contribution >= 0.6 is 35.2 Å². The monoisotopic (exact) mass is 375 g/mol. The fourth-order valence-corrected chi connectivity index (χ4v) is 1.44. The van der Waals surface area contributed by atoms with Crippen LogP contribution in [-0.2, 0) is 14.3 Å². The molecule has 0 aliphatic rings. The lowest BCUT2D eigenvalue weighted by atomic mass is 10.3. The molecule has 0 saturated heterocycles. The fraction of sp³-hybridized carbons (Fsp3) is 0.818. The van der Waals surface area contributed by atoms with Gasteiger partial charge in [0.2, 0.25) is 5.91 Å². The van der Waals surface area contributed by atoms with Gasteiger partial charge in [-0.15, -0.1) is 0 Å². The molecule has 1 amide bonds. The Labute approximate surface area is 123 Å². The summed E-state index contributed by atoms with van der Waals surface area (Å²) in [5, 5.41) is 2.72. The van der Waals surface area contributed by atoms with Gasteiger partial charge in [0.25, 0.3) is 6.47 Å². The van der Waals surface area contributed by atoms with Gasteiger partial charge in [0.05, 0.1) is 12.4 Å². The van der Waals surface area contributed by atoms with E-state index >= 15 is 0 Å². The SMILES string of the molecule is CCCCNC(=O)CS.O=COCCCCI. The minimum absolute atomic E-state index is 0.0202. The van der Waals surface area contributed by atoms with Gasteiger partial charge in [-0.05, 0) is 23.7 Å². The van der Waals surface area contributed by atoms with E-state index in [2.05, 4.69) is 52.2 Å². The molecule has 4 nitrogen and oxygen atoms in total. The summed E-state index contributed by atoms with van der Waals surface area (Å²) in [5.41, 5.74) is 0. The molecule has 0 atom stereocenters. The number of carbonyl (C=O) groups excluding carboxylic acids is 2. The van der Waals surface area contributed by atoms with E-state index in [1.807, 2.05) is 0 Å². The zero-order valence-electron chi connectivity index (χ0n) is 10.3. The van der Waals surface area contributed by atoms with Gasteiger partial charge in [-0.3, -0.25) is 9.59 Å². The molecule has 102 valence electrons. The summed E-state index contributed by atoms with van der Waals surface area (Å²) in [4.78, 5) is 20.0. The average molecular weight is 375 g/mol. The molecule has 0 aliphatic heterocycles. The number of hydrogen-bond acceptors (Lipinski definition) is 4. The van der Waals surface area contributed by atoms with E-state index in [-0.39, 0.29) is 5.91 Å². The molecule has 17 heavy (non-hydrogen) atoms. The van der Waals surface area contributed by atoms with Crippen LogP contribution in [0.25, 0.3) is 0 Å². The lowest BCUT2D eigenvalue weighted by Crippen LogP contribution is -2.25. The summed E-state index contributed by atoms with van der Waals surface area (Å²) < 4.78 is 5.59. The highest BCUT2D eigenvalue weighted by atomic mass is 127. The lowest BCUT2D eigenvalue weighted by molar-refractivity contribution is -0.128. The Morgan fingerprint density at radius 2 is 2.12 bits per heavy atom. The molecule has 0 radical (unpaired) electrons.